The van der Waals surface area contributed by atoms with Gasteiger partial charge in [-0.25, -0.2) is 4.79 Å². The van der Waals surface area contributed by atoms with Crippen molar-refractivity contribution in [1.29, 1.82) is 0 Å². The largest absolute Gasteiger partial charge is 0.480 e. The normalized spacial score (nSPS) is 13.1. The first-order valence-electron chi connectivity index (χ1n) is 6.06. The van der Waals surface area contributed by atoms with Crippen LogP contribution in [-0.4, -0.2) is 27.6 Å². The van der Waals surface area contributed by atoms with Crippen LogP contribution in [0.15, 0.2) is 12.3 Å². The summed E-state index contributed by atoms with van der Waals surface area (Å²) in [4.78, 5) is 23.4. The summed E-state index contributed by atoms with van der Waals surface area (Å²) < 4.78 is 1.68. The molecule has 0 fully saturated rings. The Bertz CT molecular complexity index is 489. The third kappa shape index (κ3) is 3.73. The molecule has 1 aromatic rings. The smallest absolute Gasteiger partial charge is 0.326 e. The molecule has 0 aliphatic carbocycles. The second-order valence-electron chi connectivity index (χ2n) is 5.44. The van der Waals surface area contributed by atoms with Gasteiger partial charge in [0.25, 0.3) is 5.91 Å². The van der Waals surface area contributed by atoms with E-state index in [1.165, 1.54) is 6.07 Å². The Morgan fingerprint density at radius 3 is 2.47 bits per heavy atom. The second-order valence-corrected chi connectivity index (χ2v) is 5.88. The third-order valence-electron chi connectivity index (χ3n) is 2.82. The van der Waals surface area contributed by atoms with Crippen molar-refractivity contribution in [3.63, 3.8) is 0 Å². The third-order valence-corrected chi connectivity index (χ3v) is 3.03. The topological polar surface area (TPSA) is 71.3 Å². The molecule has 0 spiro atoms. The summed E-state index contributed by atoms with van der Waals surface area (Å²) in [5.41, 5.74) is -0.211. The van der Waals surface area contributed by atoms with Crippen molar-refractivity contribution >= 4 is 23.5 Å². The molecular formula is C13H19ClN2O3. The fraction of sp³-hybridized carbons (Fsp3) is 0.538. The quantitative estimate of drug-likeness (QED) is 0.893. The fourth-order valence-electron chi connectivity index (χ4n) is 1.78. The van der Waals surface area contributed by atoms with Crippen molar-refractivity contribution in [2.24, 2.45) is 5.41 Å². The first kappa shape index (κ1) is 15.6. The number of carbonyl (C=O) groups is 2. The molecule has 1 amide bonds. The highest BCUT2D eigenvalue weighted by molar-refractivity contribution is 6.31. The van der Waals surface area contributed by atoms with Crippen LogP contribution in [0.2, 0.25) is 5.02 Å². The van der Waals surface area contributed by atoms with Gasteiger partial charge < -0.3 is 15.0 Å². The Kier molecular flexibility index (Phi) is 4.63. The monoisotopic (exact) mass is 286 g/mol. The summed E-state index contributed by atoms with van der Waals surface area (Å²) >= 11 is 5.86. The molecule has 1 aromatic heterocycles. The van der Waals surface area contributed by atoms with Gasteiger partial charge in [-0.05, 0) is 18.4 Å². The standard InChI is InChI=1S/C13H19ClN2O3/c1-5-16-7-8(14)6-9(16)11(17)15-10(12(18)19)13(2,3)4/h6-7,10H,5H2,1-4H3,(H,15,17)(H,18,19). The molecule has 1 atom stereocenters. The lowest BCUT2D eigenvalue weighted by Gasteiger charge is -2.27. The van der Waals surface area contributed by atoms with Crippen LogP contribution < -0.4 is 5.32 Å². The zero-order chi connectivity index (χ0) is 14.8. The number of rotatable bonds is 4. The molecule has 0 radical (unpaired) electrons. The van der Waals surface area contributed by atoms with Crippen molar-refractivity contribution in [2.75, 3.05) is 0 Å². The molecule has 0 aromatic carbocycles. The molecule has 0 bridgehead atoms. The number of amides is 1. The lowest BCUT2D eigenvalue weighted by atomic mass is 9.86. The van der Waals surface area contributed by atoms with E-state index >= 15 is 0 Å². The van der Waals surface area contributed by atoms with Crippen LogP contribution in [0.25, 0.3) is 0 Å². The van der Waals surface area contributed by atoms with Gasteiger partial charge in [0.2, 0.25) is 0 Å². The summed E-state index contributed by atoms with van der Waals surface area (Å²) in [5.74, 6) is -1.49. The highest BCUT2D eigenvalue weighted by Crippen LogP contribution is 2.21. The Morgan fingerprint density at radius 2 is 2.05 bits per heavy atom. The molecule has 0 aliphatic heterocycles. The second kappa shape index (κ2) is 5.65. The van der Waals surface area contributed by atoms with Gasteiger partial charge in [-0.2, -0.15) is 0 Å². The van der Waals surface area contributed by atoms with Crippen molar-refractivity contribution in [3.05, 3.63) is 23.0 Å². The first-order valence-corrected chi connectivity index (χ1v) is 6.44. The van der Waals surface area contributed by atoms with Crippen LogP contribution in [0, 0.1) is 5.41 Å². The number of halogens is 1. The van der Waals surface area contributed by atoms with Gasteiger partial charge in [-0.1, -0.05) is 32.4 Å². The number of hydrogen-bond acceptors (Lipinski definition) is 2. The number of nitrogens with zero attached hydrogens (tertiary/aromatic N) is 1. The van der Waals surface area contributed by atoms with Crippen LogP contribution in [0.5, 0.6) is 0 Å². The van der Waals surface area contributed by atoms with E-state index in [2.05, 4.69) is 5.32 Å². The predicted octanol–water partition coefficient (Wildman–Crippen LogP) is 2.39. The summed E-state index contributed by atoms with van der Waals surface area (Å²) in [6, 6.07) is 0.570. The summed E-state index contributed by atoms with van der Waals surface area (Å²) in [6.45, 7) is 7.75. The van der Waals surface area contributed by atoms with Gasteiger partial charge in [0, 0.05) is 12.7 Å². The lowest BCUT2D eigenvalue weighted by molar-refractivity contribution is -0.142. The van der Waals surface area contributed by atoms with Crippen LogP contribution in [0.3, 0.4) is 0 Å². The van der Waals surface area contributed by atoms with E-state index in [0.29, 0.717) is 17.3 Å². The Labute approximate surface area is 117 Å². The fourth-order valence-corrected chi connectivity index (χ4v) is 2.00. The predicted molar refractivity (Wildman–Crippen MR) is 73.5 cm³/mol. The maximum absolute atomic E-state index is 12.1. The number of aromatic nitrogens is 1. The number of aliphatic carboxylic acids is 1. The van der Waals surface area contributed by atoms with Crippen molar-refractivity contribution < 1.29 is 14.7 Å². The van der Waals surface area contributed by atoms with E-state index in [1.807, 2.05) is 6.92 Å². The van der Waals surface area contributed by atoms with Crippen molar-refractivity contribution in [2.45, 2.75) is 40.3 Å². The number of carboxylic acid groups (broad SMARTS) is 1. The molecule has 1 unspecified atom stereocenters. The maximum Gasteiger partial charge on any atom is 0.326 e. The van der Waals surface area contributed by atoms with E-state index in [0.717, 1.165) is 0 Å². The average molecular weight is 287 g/mol. The van der Waals surface area contributed by atoms with E-state index < -0.39 is 23.3 Å². The molecule has 19 heavy (non-hydrogen) atoms. The minimum Gasteiger partial charge on any atom is -0.480 e. The summed E-state index contributed by atoms with van der Waals surface area (Å²) in [6.07, 6.45) is 1.64. The molecule has 5 nitrogen and oxygen atoms in total. The molecule has 2 N–H and O–H groups in total. The molecule has 0 saturated heterocycles. The Hall–Kier alpha value is -1.49. The molecule has 106 valence electrons. The minimum atomic E-state index is -1.05. The van der Waals surface area contributed by atoms with Crippen LogP contribution in [0.1, 0.15) is 38.2 Å². The number of nitrogens with one attached hydrogen (secondary N) is 1. The zero-order valence-corrected chi connectivity index (χ0v) is 12.3. The number of carboxylic acids is 1. The Morgan fingerprint density at radius 1 is 1.47 bits per heavy atom. The van der Waals surface area contributed by atoms with E-state index in [9.17, 15) is 14.7 Å². The van der Waals surface area contributed by atoms with E-state index in [-0.39, 0.29) is 0 Å². The van der Waals surface area contributed by atoms with E-state index in [1.54, 1.807) is 31.5 Å². The van der Waals surface area contributed by atoms with Gasteiger partial charge >= 0.3 is 5.97 Å². The molecule has 0 saturated carbocycles. The Balaban J connectivity index is 2.97. The molecule has 1 rings (SSSR count). The lowest BCUT2D eigenvalue weighted by Crippen LogP contribution is -2.49. The first-order chi connectivity index (χ1) is 8.66. The zero-order valence-electron chi connectivity index (χ0n) is 11.5. The SMILES string of the molecule is CCn1cc(Cl)cc1C(=O)NC(C(=O)O)C(C)(C)C. The van der Waals surface area contributed by atoms with Gasteiger partial charge in [-0.15, -0.1) is 0 Å². The summed E-state index contributed by atoms with van der Waals surface area (Å²) in [7, 11) is 0. The van der Waals surface area contributed by atoms with Gasteiger partial charge in [0.05, 0.1) is 5.02 Å². The van der Waals surface area contributed by atoms with Crippen LogP contribution in [-0.2, 0) is 11.3 Å². The number of carbonyl (C=O) groups excluding carboxylic acids is 1. The summed E-state index contributed by atoms with van der Waals surface area (Å²) in [5, 5.41) is 12.2. The molecule has 1 heterocycles. The molecule has 0 aliphatic rings. The minimum absolute atomic E-state index is 0.364. The van der Waals surface area contributed by atoms with Crippen molar-refractivity contribution in [3.8, 4) is 0 Å². The molecule has 6 heteroatoms. The van der Waals surface area contributed by atoms with Gasteiger partial charge in [-0.3, -0.25) is 4.79 Å². The highest BCUT2D eigenvalue weighted by Gasteiger charge is 2.33. The molecular weight excluding hydrogens is 268 g/mol. The average Bonchev–Trinajstić information content (AvgIpc) is 2.65. The maximum atomic E-state index is 12.1. The van der Waals surface area contributed by atoms with Gasteiger partial charge in [0.15, 0.2) is 0 Å². The van der Waals surface area contributed by atoms with Gasteiger partial charge in [0.1, 0.15) is 11.7 Å². The number of hydrogen-bond donors (Lipinski definition) is 2. The highest BCUT2D eigenvalue weighted by atomic mass is 35.5. The number of aryl methyl sites for hydroxylation is 1. The van der Waals surface area contributed by atoms with E-state index in [4.69, 9.17) is 11.6 Å². The van der Waals surface area contributed by atoms with Crippen LogP contribution >= 0.6 is 11.6 Å². The van der Waals surface area contributed by atoms with Crippen LogP contribution in [0.4, 0.5) is 0 Å². The van der Waals surface area contributed by atoms with Crippen molar-refractivity contribution in [1.82, 2.24) is 9.88 Å².